The van der Waals surface area contributed by atoms with Gasteiger partial charge in [0.05, 0.1) is 16.6 Å². The van der Waals surface area contributed by atoms with Crippen molar-refractivity contribution in [3.05, 3.63) is 34.6 Å². The summed E-state index contributed by atoms with van der Waals surface area (Å²) < 4.78 is 19.1. The Kier molecular flexibility index (Phi) is 2.94. The predicted octanol–water partition coefficient (Wildman–Crippen LogP) is 2.12. The van der Waals surface area contributed by atoms with Crippen molar-refractivity contribution in [1.82, 2.24) is 19.4 Å². The SMILES string of the molecule is Cc1nnsc1C(=O)Nc1nn(C)c2cccc(F)c12. The number of anilines is 1. The van der Waals surface area contributed by atoms with E-state index in [1.165, 1.54) is 10.7 Å². The van der Waals surface area contributed by atoms with Gasteiger partial charge < -0.3 is 5.32 Å². The summed E-state index contributed by atoms with van der Waals surface area (Å²) in [4.78, 5) is 12.5. The minimum Gasteiger partial charge on any atom is -0.304 e. The number of hydrogen-bond donors (Lipinski definition) is 1. The average Bonchev–Trinajstić information content (AvgIpc) is 2.95. The molecule has 0 fully saturated rings. The van der Waals surface area contributed by atoms with Crippen molar-refractivity contribution in [3.8, 4) is 0 Å². The molecule has 2 heterocycles. The fraction of sp³-hybridized carbons (Fsp3) is 0.167. The predicted molar refractivity (Wildman–Crippen MR) is 73.3 cm³/mol. The highest BCUT2D eigenvalue weighted by Crippen LogP contribution is 2.25. The monoisotopic (exact) mass is 291 g/mol. The van der Waals surface area contributed by atoms with E-state index in [4.69, 9.17) is 0 Å². The van der Waals surface area contributed by atoms with E-state index in [2.05, 4.69) is 20.0 Å². The van der Waals surface area contributed by atoms with Gasteiger partial charge in [-0.3, -0.25) is 9.48 Å². The molecule has 0 saturated carbocycles. The van der Waals surface area contributed by atoms with Gasteiger partial charge in [-0.1, -0.05) is 10.6 Å². The van der Waals surface area contributed by atoms with E-state index in [9.17, 15) is 9.18 Å². The normalized spacial score (nSPS) is 10.9. The Balaban J connectivity index is 2.04. The Morgan fingerprint density at radius 1 is 1.45 bits per heavy atom. The molecular formula is C12H10FN5OS. The highest BCUT2D eigenvalue weighted by molar-refractivity contribution is 7.08. The van der Waals surface area contributed by atoms with Crippen molar-refractivity contribution in [3.63, 3.8) is 0 Å². The zero-order valence-electron chi connectivity index (χ0n) is 10.7. The van der Waals surface area contributed by atoms with Crippen LogP contribution in [0.4, 0.5) is 10.2 Å². The van der Waals surface area contributed by atoms with Crippen LogP contribution in [-0.2, 0) is 7.05 Å². The van der Waals surface area contributed by atoms with Gasteiger partial charge in [-0.25, -0.2) is 4.39 Å². The third-order valence-electron chi connectivity index (χ3n) is 2.92. The smallest absolute Gasteiger partial charge is 0.270 e. The van der Waals surface area contributed by atoms with Crippen molar-refractivity contribution >= 4 is 34.2 Å². The quantitative estimate of drug-likeness (QED) is 0.785. The number of hydrogen-bond acceptors (Lipinski definition) is 5. The number of amides is 1. The van der Waals surface area contributed by atoms with Gasteiger partial charge in [-0.05, 0) is 30.6 Å². The lowest BCUT2D eigenvalue weighted by Gasteiger charge is -2.00. The summed E-state index contributed by atoms with van der Waals surface area (Å²) in [6.45, 7) is 1.69. The van der Waals surface area contributed by atoms with Crippen molar-refractivity contribution in [2.24, 2.45) is 7.05 Å². The zero-order chi connectivity index (χ0) is 14.3. The van der Waals surface area contributed by atoms with Gasteiger partial charge in [0.2, 0.25) is 0 Å². The number of rotatable bonds is 2. The Labute approximate surface area is 117 Å². The lowest BCUT2D eigenvalue weighted by Crippen LogP contribution is -2.12. The maximum Gasteiger partial charge on any atom is 0.270 e. The number of nitrogens with one attached hydrogen (secondary N) is 1. The largest absolute Gasteiger partial charge is 0.304 e. The number of carbonyl (C=O) groups is 1. The van der Waals surface area contributed by atoms with Crippen molar-refractivity contribution in [2.45, 2.75) is 6.92 Å². The number of carbonyl (C=O) groups excluding carboxylic acids is 1. The molecule has 0 bridgehead atoms. The van der Waals surface area contributed by atoms with Gasteiger partial charge in [-0.2, -0.15) is 5.10 Å². The van der Waals surface area contributed by atoms with Crippen LogP contribution in [-0.4, -0.2) is 25.3 Å². The number of nitrogens with zero attached hydrogens (tertiary/aromatic N) is 4. The van der Waals surface area contributed by atoms with E-state index in [1.54, 1.807) is 26.1 Å². The molecule has 102 valence electrons. The summed E-state index contributed by atoms with van der Waals surface area (Å²) in [5.41, 5.74) is 1.15. The minimum absolute atomic E-state index is 0.193. The Morgan fingerprint density at radius 3 is 2.95 bits per heavy atom. The van der Waals surface area contributed by atoms with Gasteiger partial charge in [0.1, 0.15) is 10.7 Å². The number of aryl methyl sites for hydroxylation is 2. The fourth-order valence-corrected chi connectivity index (χ4v) is 2.51. The fourth-order valence-electron chi connectivity index (χ4n) is 1.96. The first kappa shape index (κ1) is 12.7. The molecule has 20 heavy (non-hydrogen) atoms. The molecule has 0 spiro atoms. The van der Waals surface area contributed by atoms with Gasteiger partial charge in [0.15, 0.2) is 5.82 Å². The molecule has 0 aliphatic heterocycles. The first-order chi connectivity index (χ1) is 9.58. The van der Waals surface area contributed by atoms with Crippen LogP contribution in [0, 0.1) is 12.7 Å². The molecule has 8 heteroatoms. The summed E-state index contributed by atoms with van der Waals surface area (Å²) >= 11 is 0.992. The second kappa shape index (κ2) is 4.64. The molecule has 0 saturated heterocycles. The maximum absolute atomic E-state index is 13.9. The van der Waals surface area contributed by atoms with E-state index < -0.39 is 5.82 Å². The number of aromatic nitrogens is 4. The zero-order valence-corrected chi connectivity index (χ0v) is 11.5. The number of benzene rings is 1. The summed E-state index contributed by atoms with van der Waals surface area (Å²) in [7, 11) is 1.69. The third kappa shape index (κ3) is 1.94. The molecule has 0 aliphatic rings. The van der Waals surface area contributed by atoms with E-state index in [0.29, 0.717) is 21.5 Å². The molecule has 0 aliphatic carbocycles. The molecule has 3 aromatic rings. The van der Waals surface area contributed by atoms with Crippen LogP contribution in [0.5, 0.6) is 0 Å². The second-order valence-corrected chi connectivity index (χ2v) is 5.00. The Morgan fingerprint density at radius 2 is 2.25 bits per heavy atom. The summed E-state index contributed by atoms with van der Waals surface area (Å²) in [5.74, 6) is -0.621. The molecule has 1 amide bonds. The molecule has 3 rings (SSSR count). The van der Waals surface area contributed by atoms with Crippen molar-refractivity contribution in [1.29, 1.82) is 0 Å². The Bertz CT molecular complexity index is 809. The number of fused-ring (bicyclic) bond motifs is 1. The molecular weight excluding hydrogens is 281 g/mol. The number of halogens is 1. The van der Waals surface area contributed by atoms with E-state index >= 15 is 0 Å². The van der Waals surface area contributed by atoms with Crippen molar-refractivity contribution in [2.75, 3.05) is 5.32 Å². The molecule has 1 aromatic carbocycles. The van der Waals surface area contributed by atoms with Crippen LogP contribution >= 0.6 is 11.5 Å². The molecule has 6 nitrogen and oxygen atoms in total. The highest BCUT2D eigenvalue weighted by atomic mass is 32.1. The lowest BCUT2D eigenvalue weighted by atomic mass is 10.2. The summed E-state index contributed by atoms with van der Waals surface area (Å²) in [5, 5.41) is 10.8. The van der Waals surface area contributed by atoms with E-state index in [0.717, 1.165) is 11.5 Å². The van der Waals surface area contributed by atoms with Crippen LogP contribution in [0.2, 0.25) is 0 Å². The van der Waals surface area contributed by atoms with E-state index in [-0.39, 0.29) is 11.7 Å². The van der Waals surface area contributed by atoms with Crippen LogP contribution in [0.25, 0.3) is 10.9 Å². The highest BCUT2D eigenvalue weighted by Gasteiger charge is 2.18. The summed E-state index contributed by atoms with van der Waals surface area (Å²) in [6, 6.07) is 4.67. The second-order valence-electron chi connectivity index (χ2n) is 4.25. The first-order valence-corrected chi connectivity index (χ1v) is 6.57. The van der Waals surface area contributed by atoms with Crippen LogP contribution in [0.1, 0.15) is 15.4 Å². The molecule has 0 radical (unpaired) electrons. The van der Waals surface area contributed by atoms with Gasteiger partial charge >= 0.3 is 0 Å². The molecule has 2 aromatic heterocycles. The molecule has 1 N–H and O–H groups in total. The van der Waals surface area contributed by atoms with Crippen LogP contribution in [0.15, 0.2) is 18.2 Å². The topological polar surface area (TPSA) is 72.7 Å². The van der Waals surface area contributed by atoms with E-state index in [1.807, 2.05) is 0 Å². The Hall–Kier alpha value is -2.35. The van der Waals surface area contributed by atoms with Gasteiger partial charge in [-0.15, -0.1) is 5.10 Å². The standard InChI is InChI=1S/C12H10FN5OS/c1-6-10(20-17-15-6)12(19)14-11-9-7(13)4-3-5-8(9)18(2)16-11/h3-5H,1-2H3,(H,14,16,19). The minimum atomic E-state index is -0.426. The molecule has 0 unspecified atom stereocenters. The van der Waals surface area contributed by atoms with Crippen LogP contribution in [0.3, 0.4) is 0 Å². The lowest BCUT2D eigenvalue weighted by molar-refractivity contribution is 0.102. The van der Waals surface area contributed by atoms with Gasteiger partial charge in [0, 0.05) is 7.05 Å². The average molecular weight is 291 g/mol. The van der Waals surface area contributed by atoms with Gasteiger partial charge in [0.25, 0.3) is 5.91 Å². The molecule has 0 atom stereocenters. The third-order valence-corrected chi connectivity index (χ3v) is 3.74. The first-order valence-electron chi connectivity index (χ1n) is 5.79. The van der Waals surface area contributed by atoms with Crippen LogP contribution < -0.4 is 5.32 Å². The van der Waals surface area contributed by atoms with Crippen molar-refractivity contribution < 1.29 is 9.18 Å². The maximum atomic E-state index is 13.9. The summed E-state index contributed by atoms with van der Waals surface area (Å²) in [6.07, 6.45) is 0.